The van der Waals surface area contributed by atoms with Crippen molar-refractivity contribution in [1.82, 2.24) is 4.90 Å². The molecule has 2 atom stereocenters. The fourth-order valence-electron chi connectivity index (χ4n) is 3.30. The lowest BCUT2D eigenvalue weighted by atomic mass is 10.1. The second-order valence-corrected chi connectivity index (χ2v) is 5.75. The molecule has 1 aliphatic carbocycles. The number of hydrogen-bond acceptors (Lipinski definition) is 2. The summed E-state index contributed by atoms with van der Waals surface area (Å²) in [6.45, 7) is 2.65. The number of benzene rings is 1. The molecule has 106 valence electrons. The van der Waals surface area contributed by atoms with Crippen molar-refractivity contribution in [1.29, 1.82) is 0 Å². The summed E-state index contributed by atoms with van der Waals surface area (Å²) in [5, 5.41) is 11.8. The van der Waals surface area contributed by atoms with Crippen LogP contribution in [0.2, 0.25) is 0 Å². The number of rotatable bonds is 2. The highest BCUT2D eigenvalue weighted by atomic mass is 16.4. The van der Waals surface area contributed by atoms with Gasteiger partial charge in [0, 0.05) is 18.3 Å². The van der Waals surface area contributed by atoms with Crippen LogP contribution in [0.3, 0.4) is 0 Å². The molecule has 2 amide bonds. The molecule has 0 spiro atoms. The first kappa shape index (κ1) is 13.0. The van der Waals surface area contributed by atoms with Crippen molar-refractivity contribution in [2.24, 2.45) is 5.92 Å². The highest BCUT2D eigenvalue weighted by molar-refractivity contribution is 5.93. The van der Waals surface area contributed by atoms with E-state index in [0.29, 0.717) is 17.6 Å². The number of carbonyl (C=O) groups is 2. The quantitative estimate of drug-likeness (QED) is 0.871. The fraction of sp³-hybridized carbons (Fsp3) is 0.467. The average Bonchev–Trinajstić information content (AvgIpc) is 3.03. The molecule has 2 aliphatic rings. The molecule has 3 rings (SSSR count). The Morgan fingerprint density at radius 2 is 2.15 bits per heavy atom. The van der Waals surface area contributed by atoms with Crippen LogP contribution in [0.1, 0.15) is 35.2 Å². The van der Waals surface area contributed by atoms with Gasteiger partial charge in [0.15, 0.2) is 0 Å². The Kier molecular flexibility index (Phi) is 3.12. The predicted molar refractivity (Wildman–Crippen MR) is 75.0 cm³/mol. The minimum atomic E-state index is -0.956. The smallest absolute Gasteiger partial charge is 0.335 e. The van der Waals surface area contributed by atoms with E-state index in [2.05, 4.69) is 5.32 Å². The molecular weight excluding hydrogens is 256 g/mol. The first-order valence-electron chi connectivity index (χ1n) is 6.96. The molecule has 1 saturated carbocycles. The second-order valence-electron chi connectivity index (χ2n) is 5.75. The number of hydrogen-bond donors (Lipinski definition) is 2. The second kappa shape index (κ2) is 4.81. The number of amides is 2. The Bertz CT molecular complexity index is 570. The number of nitrogens with zero attached hydrogens (tertiary/aromatic N) is 1. The van der Waals surface area contributed by atoms with Crippen molar-refractivity contribution >= 4 is 17.7 Å². The van der Waals surface area contributed by atoms with Gasteiger partial charge in [0.25, 0.3) is 0 Å². The van der Waals surface area contributed by atoms with E-state index < -0.39 is 5.97 Å². The summed E-state index contributed by atoms with van der Waals surface area (Å²) < 4.78 is 0. The molecule has 2 fully saturated rings. The average molecular weight is 274 g/mol. The van der Waals surface area contributed by atoms with Crippen molar-refractivity contribution in [2.45, 2.75) is 32.2 Å². The van der Waals surface area contributed by atoms with E-state index in [4.69, 9.17) is 5.11 Å². The molecule has 5 nitrogen and oxygen atoms in total. The van der Waals surface area contributed by atoms with Crippen molar-refractivity contribution in [3.63, 3.8) is 0 Å². The van der Waals surface area contributed by atoms with Gasteiger partial charge in [0.1, 0.15) is 0 Å². The summed E-state index contributed by atoms with van der Waals surface area (Å²) in [7, 11) is 0. The highest BCUT2D eigenvalue weighted by Gasteiger charge is 2.40. The summed E-state index contributed by atoms with van der Waals surface area (Å²) in [4.78, 5) is 25.1. The Labute approximate surface area is 117 Å². The summed E-state index contributed by atoms with van der Waals surface area (Å²) in [5.74, 6) is -0.288. The third-order valence-electron chi connectivity index (χ3n) is 4.39. The van der Waals surface area contributed by atoms with Gasteiger partial charge in [-0.2, -0.15) is 0 Å². The highest BCUT2D eigenvalue weighted by Crippen LogP contribution is 2.37. The maximum Gasteiger partial charge on any atom is 0.335 e. The number of likely N-dealkylation sites (tertiary alicyclic amines) is 1. The van der Waals surface area contributed by atoms with Crippen LogP contribution in [0.15, 0.2) is 18.2 Å². The van der Waals surface area contributed by atoms with Crippen LogP contribution in [0.4, 0.5) is 10.5 Å². The molecule has 2 bridgehead atoms. The maximum atomic E-state index is 12.3. The van der Waals surface area contributed by atoms with Gasteiger partial charge in [-0.15, -0.1) is 0 Å². The van der Waals surface area contributed by atoms with Crippen molar-refractivity contribution < 1.29 is 14.7 Å². The summed E-state index contributed by atoms with van der Waals surface area (Å²) in [6.07, 6.45) is 3.47. The number of nitrogens with one attached hydrogen (secondary N) is 1. The zero-order valence-electron chi connectivity index (χ0n) is 11.4. The normalized spacial score (nSPS) is 23.9. The van der Waals surface area contributed by atoms with Crippen LogP contribution in [0.25, 0.3) is 0 Å². The van der Waals surface area contributed by atoms with Gasteiger partial charge < -0.3 is 15.3 Å². The number of fused-ring (bicyclic) bond motifs is 2. The SMILES string of the molecule is Cc1cc(C(=O)O)ccc1NC(=O)N1CC2CCC1C2. The van der Waals surface area contributed by atoms with Crippen LogP contribution in [-0.4, -0.2) is 34.6 Å². The lowest BCUT2D eigenvalue weighted by Gasteiger charge is -2.27. The van der Waals surface area contributed by atoms with E-state index in [1.165, 1.54) is 12.5 Å². The van der Waals surface area contributed by atoms with Crippen LogP contribution >= 0.6 is 0 Å². The Hall–Kier alpha value is -2.04. The van der Waals surface area contributed by atoms with Gasteiger partial charge in [-0.25, -0.2) is 9.59 Å². The first-order valence-corrected chi connectivity index (χ1v) is 6.96. The van der Waals surface area contributed by atoms with Gasteiger partial charge in [0.2, 0.25) is 0 Å². The monoisotopic (exact) mass is 274 g/mol. The molecule has 1 aromatic rings. The van der Waals surface area contributed by atoms with Gasteiger partial charge in [-0.1, -0.05) is 0 Å². The first-order chi connectivity index (χ1) is 9.54. The molecule has 5 heteroatoms. The minimum Gasteiger partial charge on any atom is -0.478 e. The number of aromatic carboxylic acids is 1. The van der Waals surface area contributed by atoms with Gasteiger partial charge in [-0.05, 0) is 55.9 Å². The van der Waals surface area contributed by atoms with E-state index >= 15 is 0 Å². The van der Waals surface area contributed by atoms with Gasteiger partial charge >= 0.3 is 12.0 Å². The molecular formula is C15H18N2O3. The topological polar surface area (TPSA) is 69.6 Å². The van der Waals surface area contributed by atoms with E-state index in [1.54, 1.807) is 19.1 Å². The summed E-state index contributed by atoms with van der Waals surface area (Å²) in [6, 6.07) is 5.07. The molecule has 1 aromatic carbocycles. The molecule has 20 heavy (non-hydrogen) atoms. The number of urea groups is 1. The fourth-order valence-corrected chi connectivity index (χ4v) is 3.30. The number of piperidine rings is 1. The summed E-state index contributed by atoms with van der Waals surface area (Å²) in [5.41, 5.74) is 1.69. The Morgan fingerprint density at radius 3 is 2.70 bits per heavy atom. The molecule has 1 heterocycles. The molecule has 0 aromatic heterocycles. The van der Waals surface area contributed by atoms with Gasteiger partial charge in [0.05, 0.1) is 5.56 Å². The number of aryl methyl sites for hydroxylation is 1. The van der Waals surface area contributed by atoms with Crippen molar-refractivity contribution in [3.8, 4) is 0 Å². The molecule has 1 aliphatic heterocycles. The molecule has 1 saturated heterocycles. The van der Waals surface area contributed by atoms with E-state index in [1.807, 2.05) is 4.90 Å². The van der Waals surface area contributed by atoms with Crippen molar-refractivity contribution in [2.75, 3.05) is 11.9 Å². The van der Waals surface area contributed by atoms with Crippen LogP contribution in [-0.2, 0) is 0 Å². The van der Waals surface area contributed by atoms with E-state index in [0.717, 1.165) is 24.9 Å². The summed E-state index contributed by atoms with van der Waals surface area (Å²) >= 11 is 0. The van der Waals surface area contributed by atoms with Gasteiger partial charge in [-0.3, -0.25) is 0 Å². The standard InChI is InChI=1S/C15H18N2O3/c1-9-6-11(14(18)19)3-5-13(9)16-15(20)17-8-10-2-4-12(17)7-10/h3,5-6,10,12H,2,4,7-8H2,1H3,(H,16,20)(H,18,19). The zero-order valence-corrected chi connectivity index (χ0v) is 11.4. The van der Waals surface area contributed by atoms with Crippen LogP contribution in [0.5, 0.6) is 0 Å². The molecule has 2 unspecified atom stereocenters. The van der Waals surface area contributed by atoms with Crippen LogP contribution < -0.4 is 5.32 Å². The number of carboxylic acid groups (broad SMARTS) is 1. The third-order valence-corrected chi connectivity index (χ3v) is 4.39. The van der Waals surface area contributed by atoms with Crippen LogP contribution in [0, 0.1) is 12.8 Å². The van der Waals surface area contributed by atoms with Crippen molar-refractivity contribution in [3.05, 3.63) is 29.3 Å². The predicted octanol–water partition coefficient (Wildman–Crippen LogP) is 2.71. The number of carbonyl (C=O) groups excluding carboxylic acids is 1. The lowest BCUT2D eigenvalue weighted by Crippen LogP contribution is -2.40. The van der Waals surface area contributed by atoms with E-state index in [-0.39, 0.29) is 11.6 Å². The number of carboxylic acids is 1. The minimum absolute atomic E-state index is 0.0663. The Morgan fingerprint density at radius 1 is 1.35 bits per heavy atom. The van der Waals surface area contributed by atoms with E-state index in [9.17, 15) is 9.59 Å². The lowest BCUT2D eigenvalue weighted by molar-refractivity contribution is 0.0697. The molecule has 2 N–H and O–H groups in total. The molecule has 0 radical (unpaired) electrons. The Balaban J connectivity index is 1.71. The number of anilines is 1. The zero-order chi connectivity index (χ0) is 14.3. The third kappa shape index (κ3) is 2.24. The largest absolute Gasteiger partial charge is 0.478 e. The maximum absolute atomic E-state index is 12.3.